The standard InChI is InChI=1S/C15H14F3N5O3S/c16-15(17,18)11-7-8(13(24)23-14(19)20)1-6-12(11)26-9-2-4-10(5-3-9)27(21,22)25/h1-7H,(H3,21,22,25)(H4,19,20,23,24). The molecule has 7 N–H and O–H groups in total. The number of amides is 1. The largest absolute Gasteiger partial charge is 0.457 e. The van der Waals surface area contributed by atoms with Crippen LogP contribution in [0.4, 0.5) is 13.2 Å². The highest BCUT2D eigenvalue weighted by molar-refractivity contribution is 7.90. The third-order valence-corrected chi connectivity index (χ3v) is 4.14. The summed E-state index contributed by atoms with van der Waals surface area (Å²) < 4.78 is 63.8. The molecule has 0 saturated heterocycles. The van der Waals surface area contributed by atoms with E-state index in [2.05, 4.69) is 4.99 Å². The van der Waals surface area contributed by atoms with Gasteiger partial charge < -0.3 is 16.2 Å². The van der Waals surface area contributed by atoms with E-state index >= 15 is 0 Å². The molecule has 0 radical (unpaired) electrons. The quantitative estimate of drug-likeness (QED) is 0.456. The van der Waals surface area contributed by atoms with Gasteiger partial charge >= 0.3 is 6.18 Å². The molecule has 1 amide bonds. The molecule has 0 heterocycles. The summed E-state index contributed by atoms with van der Waals surface area (Å²) in [5.41, 5.74) is 8.50. The lowest BCUT2D eigenvalue weighted by atomic mass is 10.1. The number of nitrogens with zero attached hydrogens (tertiary/aromatic N) is 1. The highest BCUT2D eigenvalue weighted by Gasteiger charge is 2.35. The van der Waals surface area contributed by atoms with Gasteiger partial charge in [-0.05, 0) is 42.5 Å². The van der Waals surface area contributed by atoms with E-state index in [4.69, 9.17) is 26.1 Å². The van der Waals surface area contributed by atoms with E-state index in [0.29, 0.717) is 6.07 Å². The number of benzene rings is 2. The summed E-state index contributed by atoms with van der Waals surface area (Å²) in [6, 6.07) is 7.43. The van der Waals surface area contributed by atoms with Crippen LogP contribution in [0.1, 0.15) is 15.9 Å². The second kappa shape index (κ2) is 7.25. The molecule has 12 heteroatoms. The Hall–Kier alpha value is -3.12. The molecule has 0 fully saturated rings. The molecule has 2 aromatic rings. The van der Waals surface area contributed by atoms with Gasteiger partial charge in [0.25, 0.3) is 5.91 Å². The lowest BCUT2D eigenvalue weighted by molar-refractivity contribution is -0.138. The van der Waals surface area contributed by atoms with Crippen molar-refractivity contribution in [1.82, 2.24) is 0 Å². The van der Waals surface area contributed by atoms with Gasteiger partial charge in [0.2, 0.25) is 0 Å². The average molecular weight is 401 g/mol. The maximum absolute atomic E-state index is 13.3. The normalized spacial score (nSPS) is 13.5. The third-order valence-electron chi connectivity index (χ3n) is 3.16. The zero-order valence-electron chi connectivity index (χ0n) is 13.5. The molecule has 27 heavy (non-hydrogen) atoms. The summed E-state index contributed by atoms with van der Waals surface area (Å²) in [5, 5.41) is 5.16. The molecule has 0 aliphatic heterocycles. The first kappa shape index (κ1) is 20.2. The fourth-order valence-electron chi connectivity index (χ4n) is 1.99. The Morgan fingerprint density at radius 3 is 2.19 bits per heavy atom. The average Bonchev–Trinajstić information content (AvgIpc) is 2.53. The molecule has 0 spiro atoms. The van der Waals surface area contributed by atoms with Gasteiger partial charge in [0.05, 0.1) is 10.5 Å². The van der Waals surface area contributed by atoms with Gasteiger partial charge in [0, 0.05) is 5.56 Å². The van der Waals surface area contributed by atoms with Crippen molar-refractivity contribution in [2.75, 3.05) is 0 Å². The fraction of sp³-hybridized carbons (Fsp3) is 0.0667. The minimum Gasteiger partial charge on any atom is -0.457 e. The van der Waals surface area contributed by atoms with Crippen molar-refractivity contribution in [2.45, 2.75) is 11.1 Å². The first-order valence-electron chi connectivity index (χ1n) is 7.07. The Morgan fingerprint density at radius 2 is 1.70 bits per heavy atom. The van der Waals surface area contributed by atoms with Gasteiger partial charge in [-0.15, -0.1) is 0 Å². The molecule has 0 aliphatic rings. The third kappa shape index (κ3) is 5.18. The number of carbonyl (C=O) groups is 1. The van der Waals surface area contributed by atoms with Crippen LogP contribution in [0.2, 0.25) is 0 Å². The van der Waals surface area contributed by atoms with Crippen molar-refractivity contribution in [3.8, 4) is 11.5 Å². The van der Waals surface area contributed by atoms with E-state index in [-0.39, 0.29) is 16.2 Å². The van der Waals surface area contributed by atoms with Gasteiger partial charge in [-0.1, -0.05) is 0 Å². The van der Waals surface area contributed by atoms with Crippen LogP contribution >= 0.6 is 0 Å². The van der Waals surface area contributed by atoms with Gasteiger partial charge in [-0.2, -0.15) is 18.2 Å². The highest BCUT2D eigenvalue weighted by atomic mass is 32.2. The van der Waals surface area contributed by atoms with E-state index in [1.807, 2.05) is 0 Å². The Kier molecular flexibility index (Phi) is 5.42. The number of rotatable bonds is 4. The number of alkyl halides is 3. The number of aliphatic imine (C=N–C) groups is 1. The zero-order chi connectivity index (χ0) is 20.4. The summed E-state index contributed by atoms with van der Waals surface area (Å²) in [5.74, 6) is -2.21. The van der Waals surface area contributed by atoms with Crippen molar-refractivity contribution >= 4 is 21.8 Å². The maximum atomic E-state index is 13.3. The topological polar surface area (TPSA) is 158 Å². The predicted octanol–water partition coefficient (Wildman–Crippen LogP) is 2.19. The smallest absolute Gasteiger partial charge is 0.420 e. The Balaban J connectivity index is 2.42. The first-order chi connectivity index (χ1) is 12.4. The predicted molar refractivity (Wildman–Crippen MR) is 91.4 cm³/mol. The molecule has 2 aromatic carbocycles. The second-order valence-electron chi connectivity index (χ2n) is 5.22. The summed E-state index contributed by atoms with van der Waals surface area (Å²) >= 11 is 0. The number of ether oxygens (including phenoxy) is 1. The van der Waals surface area contributed by atoms with Crippen molar-refractivity contribution in [2.24, 2.45) is 21.6 Å². The Bertz CT molecular complexity index is 998. The van der Waals surface area contributed by atoms with Crippen LogP contribution in [0.3, 0.4) is 0 Å². The van der Waals surface area contributed by atoms with E-state index in [0.717, 1.165) is 12.1 Å². The van der Waals surface area contributed by atoms with E-state index in [9.17, 15) is 22.2 Å². The summed E-state index contributed by atoms with van der Waals surface area (Å²) in [6.45, 7) is 0. The molecule has 2 rings (SSSR count). The van der Waals surface area contributed by atoms with E-state index in [1.54, 1.807) is 0 Å². The minimum absolute atomic E-state index is 0.0101. The number of carbonyl (C=O) groups excluding carboxylic acids is 1. The maximum Gasteiger partial charge on any atom is 0.420 e. The summed E-state index contributed by atoms with van der Waals surface area (Å²) in [7, 11) is -3.45. The zero-order valence-corrected chi connectivity index (χ0v) is 14.3. The van der Waals surface area contributed by atoms with Gasteiger partial charge in [0.15, 0.2) is 5.96 Å². The van der Waals surface area contributed by atoms with Crippen LogP contribution in [-0.2, 0) is 16.1 Å². The van der Waals surface area contributed by atoms with Crippen LogP contribution in [0.25, 0.3) is 0 Å². The van der Waals surface area contributed by atoms with Crippen molar-refractivity contribution in [3.05, 3.63) is 53.6 Å². The number of nitrogens with one attached hydrogen (secondary N) is 1. The molecule has 0 saturated carbocycles. The van der Waals surface area contributed by atoms with Gasteiger partial charge in [0.1, 0.15) is 21.4 Å². The highest BCUT2D eigenvalue weighted by Crippen LogP contribution is 2.39. The molecule has 144 valence electrons. The number of guanidine groups is 1. The summed E-state index contributed by atoms with van der Waals surface area (Å²) in [4.78, 5) is 14.9. The SMILES string of the molecule is N=S(N)(=O)c1ccc(Oc2ccc(C(=O)N=C(N)N)cc2C(F)(F)F)cc1. The van der Waals surface area contributed by atoms with Crippen molar-refractivity contribution in [3.63, 3.8) is 0 Å². The number of hydrogen-bond donors (Lipinski definition) is 4. The van der Waals surface area contributed by atoms with Crippen molar-refractivity contribution in [1.29, 1.82) is 4.78 Å². The van der Waals surface area contributed by atoms with Gasteiger partial charge in [-0.3, -0.25) is 4.79 Å². The monoisotopic (exact) mass is 401 g/mol. The number of halogens is 3. The molecule has 1 unspecified atom stereocenters. The Morgan fingerprint density at radius 1 is 1.11 bits per heavy atom. The van der Waals surface area contributed by atoms with Crippen molar-refractivity contribution < 1.29 is 26.9 Å². The minimum atomic E-state index is -4.82. The van der Waals surface area contributed by atoms with E-state index < -0.39 is 39.3 Å². The molecule has 0 aromatic heterocycles. The first-order valence-corrected chi connectivity index (χ1v) is 8.70. The molecule has 0 bridgehead atoms. The van der Waals surface area contributed by atoms with Crippen LogP contribution < -0.4 is 21.3 Å². The van der Waals surface area contributed by atoms with Crippen LogP contribution in [0.5, 0.6) is 11.5 Å². The van der Waals surface area contributed by atoms with Crippen LogP contribution in [0.15, 0.2) is 52.4 Å². The molecular formula is C15H14F3N5O3S. The van der Waals surface area contributed by atoms with Crippen LogP contribution in [0, 0.1) is 4.78 Å². The molecule has 1 atom stereocenters. The van der Waals surface area contributed by atoms with Gasteiger partial charge in [-0.25, -0.2) is 14.1 Å². The molecule has 0 aliphatic carbocycles. The fourth-order valence-corrected chi connectivity index (χ4v) is 2.53. The number of nitrogens with two attached hydrogens (primary N) is 3. The second-order valence-corrected chi connectivity index (χ2v) is 6.90. The molecular weight excluding hydrogens is 387 g/mol. The Labute approximate surface area is 151 Å². The van der Waals surface area contributed by atoms with Crippen LogP contribution in [-0.4, -0.2) is 16.1 Å². The molecule has 8 nitrogen and oxygen atoms in total. The van der Waals surface area contributed by atoms with E-state index in [1.165, 1.54) is 24.3 Å². The lowest BCUT2D eigenvalue weighted by Gasteiger charge is -2.15. The summed E-state index contributed by atoms with van der Waals surface area (Å²) in [6.07, 6.45) is -4.82. The lowest BCUT2D eigenvalue weighted by Crippen LogP contribution is -2.24. The number of hydrogen-bond acceptors (Lipinski definition) is 4.